The molecule has 90 valence electrons. The first-order chi connectivity index (χ1) is 9.15. The van der Waals surface area contributed by atoms with Crippen LogP contribution in [0.25, 0.3) is 16.9 Å². The van der Waals surface area contributed by atoms with Crippen LogP contribution in [-0.2, 0) is 0 Å². The third kappa shape index (κ3) is 1.44. The highest BCUT2D eigenvalue weighted by molar-refractivity contribution is 5.76. The van der Waals surface area contributed by atoms with E-state index in [1.807, 2.05) is 38.2 Å². The average Bonchev–Trinajstić information content (AvgIpc) is 2.79. The summed E-state index contributed by atoms with van der Waals surface area (Å²) in [6.45, 7) is 3.96. The van der Waals surface area contributed by atoms with Gasteiger partial charge in [-0.3, -0.25) is 4.40 Å². The second-order valence-corrected chi connectivity index (χ2v) is 4.22. The van der Waals surface area contributed by atoms with Crippen LogP contribution in [0.2, 0.25) is 0 Å². The third-order valence-electron chi connectivity index (χ3n) is 3.14. The number of aromatic nitrogens is 4. The van der Waals surface area contributed by atoms with Gasteiger partial charge < -0.3 is 0 Å². The zero-order valence-corrected chi connectivity index (χ0v) is 10.3. The number of rotatable bonds is 0. The number of hydrogen-bond donors (Lipinski definition) is 0. The number of hydrogen-bond acceptors (Lipinski definition) is 5. The van der Waals surface area contributed by atoms with Crippen LogP contribution in [-0.4, -0.2) is 19.4 Å². The van der Waals surface area contributed by atoms with Crippen molar-refractivity contribution in [1.82, 2.24) is 19.4 Å². The van der Waals surface area contributed by atoms with E-state index in [1.54, 1.807) is 4.40 Å². The largest absolute Gasteiger partial charge is 0.282 e. The molecule has 0 aliphatic carbocycles. The lowest BCUT2D eigenvalue weighted by molar-refractivity contribution is 1.12. The highest BCUT2D eigenvalue weighted by Gasteiger charge is 2.14. The summed E-state index contributed by atoms with van der Waals surface area (Å²) in [5, 5.41) is 17.9. The molecule has 19 heavy (non-hydrogen) atoms. The van der Waals surface area contributed by atoms with E-state index in [0.717, 1.165) is 16.8 Å². The molecule has 0 saturated carbocycles. The van der Waals surface area contributed by atoms with Crippen LogP contribution < -0.4 is 0 Å². The lowest BCUT2D eigenvalue weighted by Crippen LogP contribution is -1.96. The summed E-state index contributed by atoms with van der Waals surface area (Å²) < 4.78 is 1.78. The van der Waals surface area contributed by atoms with Crippen LogP contribution >= 0.6 is 0 Å². The topological polar surface area (TPSA) is 90.7 Å². The normalized spacial score (nSPS) is 10.5. The molecule has 3 aromatic heterocycles. The Kier molecular flexibility index (Phi) is 2.20. The summed E-state index contributed by atoms with van der Waals surface area (Å²) in [7, 11) is 0. The number of fused-ring (bicyclic) bond motifs is 3. The van der Waals surface area contributed by atoms with Gasteiger partial charge in [0.25, 0.3) is 0 Å². The van der Waals surface area contributed by atoms with Crippen LogP contribution in [0.1, 0.15) is 22.5 Å². The summed E-state index contributed by atoms with van der Waals surface area (Å²) in [6, 6.07) is 5.70. The highest BCUT2D eigenvalue weighted by atomic mass is 15.1. The highest BCUT2D eigenvalue weighted by Crippen LogP contribution is 2.19. The van der Waals surface area contributed by atoms with Gasteiger partial charge in [-0.05, 0) is 31.0 Å². The van der Waals surface area contributed by atoms with E-state index in [2.05, 4.69) is 15.0 Å². The van der Waals surface area contributed by atoms with Gasteiger partial charge in [0.05, 0.1) is 0 Å². The van der Waals surface area contributed by atoms with Gasteiger partial charge in [-0.25, -0.2) is 15.0 Å². The van der Waals surface area contributed by atoms with Crippen molar-refractivity contribution in [1.29, 1.82) is 10.5 Å². The Labute approximate surface area is 108 Å². The van der Waals surface area contributed by atoms with Gasteiger partial charge in [0.15, 0.2) is 22.7 Å². The van der Waals surface area contributed by atoms with Crippen molar-refractivity contribution in [2.75, 3.05) is 0 Å². The fraction of sp³-hybridized carbons (Fsp3) is 0.154. The molecule has 0 bridgehead atoms. The maximum absolute atomic E-state index is 8.98. The average molecular weight is 248 g/mol. The molecule has 6 heteroatoms. The molecule has 0 amide bonds. The second kappa shape index (κ2) is 3.76. The Morgan fingerprint density at radius 1 is 1.00 bits per heavy atom. The van der Waals surface area contributed by atoms with Crippen LogP contribution in [0.4, 0.5) is 0 Å². The molecule has 3 heterocycles. The summed E-state index contributed by atoms with van der Waals surface area (Å²) in [4.78, 5) is 12.7. The van der Waals surface area contributed by atoms with Gasteiger partial charge >= 0.3 is 0 Å². The molecule has 0 radical (unpaired) electrons. The minimum Gasteiger partial charge on any atom is -0.282 e. The van der Waals surface area contributed by atoms with Crippen molar-refractivity contribution >= 4 is 16.9 Å². The van der Waals surface area contributed by atoms with E-state index < -0.39 is 0 Å². The van der Waals surface area contributed by atoms with E-state index in [9.17, 15) is 0 Å². The first-order valence-electron chi connectivity index (χ1n) is 5.62. The van der Waals surface area contributed by atoms with E-state index in [4.69, 9.17) is 10.5 Å². The standard InChI is InChI=1S/C13H8N6/c1-7-3-4-19-12(8(7)2)18-11-13(19)17-10(6-15)9(5-14)16-11/h3-4H,1-2H3. The quantitative estimate of drug-likeness (QED) is 0.603. The summed E-state index contributed by atoms with van der Waals surface area (Å²) in [6.07, 6.45) is 1.84. The maximum atomic E-state index is 8.98. The number of imidazole rings is 1. The van der Waals surface area contributed by atoms with E-state index in [0.29, 0.717) is 11.3 Å². The van der Waals surface area contributed by atoms with Crippen LogP contribution in [0.5, 0.6) is 0 Å². The lowest BCUT2D eigenvalue weighted by Gasteiger charge is -2.01. The van der Waals surface area contributed by atoms with Gasteiger partial charge in [-0.2, -0.15) is 10.5 Å². The van der Waals surface area contributed by atoms with Gasteiger partial charge in [-0.1, -0.05) is 0 Å². The van der Waals surface area contributed by atoms with E-state index in [-0.39, 0.29) is 11.4 Å². The summed E-state index contributed by atoms with van der Waals surface area (Å²) in [5.41, 5.74) is 3.79. The summed E-state index contributed by atoms with van der Waals surface area (Å²) >= 11 is 0. The van der Waals surface area contributed by atoms with Crippen molar-refractivity contribution in [3.63, 3.8) is 0 Å². The Morgan fingerprint density at radius 3 is 2.37 bits per heavy atom. The molecule has 0 unspecified atom stereocenters. The molecule has 3 aromatic rings. The summed E-state index contributed by atoms with van der Waals surface area (Å²) in [5.74, 6) is 0. The molecule has 0 aromatic carbocycles. The molecule has 0 N–H and O–H groups in total. The first-order valence-corrected chi connectivity index (χ1v) is 5.62. The molecule has 0 aliphatic heterocycles. The smallest absolute Gasteiger partial charge is 0.199 e. The van der Waals surface area contributed by atoms with E-state index in [1.165, 1.54) is 0 Å². The monoisotopic (exact) mass is 248 g/mol. The fourth-order valence-corrected chi connectivity index (χ4v) is 1.96. The number of pyridine rings is 1. The van der Waals surface area contributed by atoms with Crippen molar-refractivity contribution in [3.8, 4) is 12.1 Å². The SMILES string of the molecule is Cc1ccn2c(nc3nc(C#N)c(C#N)nc32)c1C. The predicted octanol–water partition coefficient (Wildman–Crippen LogP) is 1.64. The number of nitriles is 2. The molecule has 0 fully saturated rings. The fourth-order valence-electron chi connectivity index (χ4n) is 1.96. The van der Waals surface area contributed by atoms with Crippen LogP contribution in [0, 0.1) is 36.5 Å². The minimum atomic E-state index is 0.00720. The molecule has 3 rings (SSSR count). The molecule has 0 spiro atoms. The Morgan fingerprint density at radius 2 is 1.68 bits per heavy atom. The number of nitrogens with zero attached hydrogens (tertiary/aromatic N) is 6. The predicted molar refractivity (Wildman–Crippen MR) is 67.2 cm³/mol. The molecular weight excluding hydrogens is 240 g/mol. The lowest BCUT2D eigenvalue weighted by atomic mass is 10.2. The first kappa shape index (κ1) is 11.1. The van der Waals surface area contributed by atoms with Crippen LogP contribution in [0.3, 0.4) is 0 Å². The Bertz CT molecular complexity index is 907. The van der Waals surface area contributed by atoms with Crippen molar-refractivity contribution < 1.29 is 0 Å². The van der Waals surface area contributed by atoms with Gasteiger partial charge in [-0.15, -0.1) is 0 Å². The van der Waals surface area contributed by atoms with Gasteiger partial charge in [0.2, 0.25) is 0 Å². The Balaban J connectivity index is 2.53. The van der Waals surface area contributed by atoms with Crippen LogP contribution in [0.15, 0.2) is 12.3 Å². The molecule has 0 saturated heterocycles. The van der Waals surface area contributed by atoms with Gasteiger partial charge in [0.1, 0.15) is 17.8 Å². The molecular formula is C13H8N6. The Hall–Kier alpha value is -2.99. The molecule has 6 nitrogen and oxygen atoms in total. The zero-order chi connectivity index (χ0) is 13.6. The third-order valence-corrected chi connectivity index (χ3v) is 3.14. The van der Waals surface area contributed by atoms with E-state index >= 15 is 0 Å². The van der Waals surface area contributed by atoms with Crippen molar-refractivity contribution in [2.24, 2.45) is 0 Å². The van der Waals surface area contributed by atoms with Gasteiger partial charge in [0, 0.05) is 6.20 Å². The maximum Gasteiger partial charge on any atom is 0.199 e. The minimum absolute atomic E-state index is 0.00720. The molecule has 0 atom stereocenters. The van der Waals surface area contributed by atoms with Crippen molar-refractivity contribution in [2.45, 2.75) is 13.8 Å². The number of aryl methyl sites for hydroxylation is 2. The second-order valence-electron chi connectivity index (χ2n) is 4.22. The molecule has 0 aliphatic rings. The zero-order valence-electron chi connectivity index (χ0n) is 10.3. The van der Waals surface area contributed by atoms with Crippen molar-refractivity contribution in [3.05, 3.63) is 34.8 Å².